The van der Waals surface area contributed by atoms with Crippen LogP contribution in [0.5, 0.6) is 0 Å². The number of hydrogen-bond acceptors (Lipinski definition) is 8. The summed E-state index contributed by atoms with van der Waals surface area (Å²) in [5.74, 6) is 0. The van der Waals surface area contributed by atoms with Crippen LogP contribution in [0.1, 0.15) is 12.0 Å². The van der Waals surface area contributed by atoms with E-state index < -0.39 is 32.4 Å². The Labute approximate surface area is 147 Å². The van der Waals surface area contributed by atoms with Crippen molar-refractivity contribution in [1.82, 2.24) is 5.32 Å². The van der Waals surface area contributed by atoms with Gasteiger partial charge in [-0.05, 0) is 12.0 Å². The molecule has 1 aromatic rings. The Balaban J connectivity index is 2.53. The zero-order chi connectivity index (χ0) is 18.9. The lowest BCUT2D eigenvalue weighted by Gasteiger charge is -2.17. The molecule has 0 aliphatic heterocycles. The van der Waals surface area contributed by atoms with Gasteiger partial charge >= 0.3 is 6.09 Å². The zero-order valence-corrected chi connectivity index (χ0v) is 15.5. The predicted molar refractivity (Wildman–Crippen MR) is 89.8 cm³/mol. The van der Waals surface area contributed by atoms with Gasteiger partial charge in [0.15, 0.2) is 0 Å². The monoisotopic (exact) mass is 395 g/mol. The van der Waals surface area contributed by atoms with E-state index in [-0.39, 0.29) is 26.2 Å². The van der Waals surface area contributed by atoms with Crippen LogP contribution in [0.2, 0.25) is 0 Å². The normalized spacial score (nSPS) is 13.2. The van der Waals surface area contributed by atoms with E-state index in [1.807, 2.05) is 6.07 Å². The summed E-state index contributed by atoms with van der Waals surface area (Å²) in [6, 6.07) is 8.16. The fourth-order valence-electron chi connectivity index (χ4n) is 1.68. The molecule has 1 amide bonds. The Bertz CT molecular complexity index is 746. The van der Waals surface area contributed by atoms with Crippen LogP contribution in [0.25, 0.3) is 0 Å². The highest BCUT2D eigenvalue weighted by Gasteiger charge is 2.17. The molecule has 25 heavy (non-hydrogen) atoms. The zero-order valence-electron chi connectivity index (χ0n) is 13.9. The third-order valence-corrected chi connectivity index (χ3v) is 3.94. The summed E-state index contributed by atoms with van der Waals surface area (Å²) >= 11 is 0. The van der Waals surface area contributed by atoms with E-state index in [0.29, 0.717) is 0 Å². The Morgan fingerprint density at radius 3 is 2.20 bits per heavy atom. The van der Waals surface area contributed by atoms with Gasteiger partial charge < -0.3 is 10.1 Å². The van der Waals surface area contributed by atoms with Gasteiger partial charge in [-0.15, -0.1) is 0 Å². The number of ether oxygens (including phenoxy) is 1. The second-order valence-electron chi connectivity index (χ2n) is 5.21. The van der Waals surface area contributed by atoms with Gasteiger partial charge in [-0.1, -0.05) is 30.3 Å². The molecule has 0 unspecified atom stereocenters. The lowest BCUT2D eigenvalue weighted by atomic mass is 10.2. The highest BCUT2D eigenvalue weighted by molar-refractivity contribution is 7.86. The molecule has 0 aliphatic carbocycles. The third-order valence-electron chi connectivity index (χ3n) is 2.78. The molecule has 142 valence electrons. The van der Waals surface area contributed by atoms with Crippen molar-refractivity contribution >= 4 is 26.3 Å². The minimum Gasteiger partial charge on any atom is -0.445 e. The number of alkyl carbamates (subject to hydrolysis) is 1. The van der Waals surface area contributed by atoms with E-state index in [4.69, 9.17) is 4.74 Å². The summed E-state index contributed by atoms with van der Waals surface area (Å²) in [7, 11) is -7.36. The van der Waals surface area contributed by atoms with Gasteiger partial charge in [-0.3, -0.25) is 8.37 Å². The standard InChI is InChI=1S/C14H21NO8S2/c1-24(17,18)22-9-8-13(11-23-25(2,19)20)15-14(16)21-10-12-6-4-3-5-7-12/h3-7,13H,8-11H2,1-2H3,(H,15,16)/t13-/m1/s1. The lowest BCUT2D eigenvalue weighted by molar-refractivity contribution is 0.128. The molecule has 0 aromatic heterocycles. The van der Waals surface area contributed by atoms with Crippen LogP contribution >= 0.6 is 0 Å². The van der Waals surface area contributed by atoms with Gasteiger partial charge in [0, 0.05) is 0 Å². The first-order chi connectivity index (χ1) is 11.6. The van der Waals surface area contributed by atoms with Crippen LogP contribution in [0.4, 0.5) is 4.79 Å². The quantitative estimate of drug-likeness (QED) is 0.572. The Morgan fingerprint density at radius 2 is 1.64 bits per heavy atom. The van der Waals surface area contributed by atoms with E-state index in [1.54, 1.807) is 24.3 Å². The van der Waals surface area contributed by atoms with E-state index in [1.165, 1.54) is 0 Å². The number of benzene rings is 1. The summed E-state index contributed by atoms with van der Waals surface area (Å²) in [5, 5.41) is 2.42. The number of amides is 1. The van der Waals surface area contributed by atoms with E-state index in [9.17, 15) is 21.6 Å². The Morgan fingerprint density at radius 1 is 1.04 bits per heavy atom. The first-order valence-corrected chi connectivity index (χ1v) is 10.8. The van der Waals surface area contributed by atoms with Crippen molar-refractivity contribution < 1.29 is 34.7 Å². The first-order valence-electron chi connectivity index (χ1n) is 7.21. The van der Waals surface area contributed by atoms with Crippen molar-refractivity contribution in [2.45, 2.75) is 19.1 Å². The molecule has 0 bridgehead atoms. The summed E-state index contributed by atoms with van der Waals surface area (Å²) in [5.41, 5.74) is 0.780. The second-order valence-corrected chi connectivity index (χ2v) is 8.49. The highest BCUT2D eigenvalue weighted by atomic mass is 32.2. The predicted octanol–water partition coefficient (Wildman–Crippen LogP) is 0.624. The topological polar surface area (TPSA) is 125 Å². The number of rotatable bonds is 10. The van der Waals surface area contributed by atoms with Crippen molar-refractivity contribution in [1.29, 1.82) is 0 Å². The van der Waals surface area contributed by atoms with Crippen molar-refractivity contribution in [3.8, 4) is 0 Å². The largest absolute Gasteiger partial charge is 0.445 e. The van der Waals surface area contributed by atoms with Crippen molar-refractivity contribution in [3.05, 3.63) is 35.9 Å². The lowest BCUT2D eigenvalue weighted by Crippen LogP contribution is -2.40. The molecule has 11 heteroatoms. The van der Waals surface area contributed by atoms with E-state index >= 15 is 0 Å². The van der Waals surface area contributed by atoms with Crippen molar-refractivity contribution in [2.75, 3.05) is 25.7 Å². The van der Waals surface area contributed by atoms with Crippen LogP contribution in [0.3, 0.4) is 0 Å². The minimum atomic E-state index is -3.71. The summed E-state index contributed by atoms with van der Waals surface area (Å²) in [6.45, 7) is -0.575. The summed E-state index contributed by atoms with van der Waals surface area (Å²) in [6.07, 6.45) is 0.981. The molecule has 0 fully saturated rings. The molecule has 0 aliphatic rings. The van der Waals surface area contributed by atoms with Crippen LogP contribution < -0.4 is 5.32 Å². The van der Waals surface area contributed by atoms with Gasteiger partial charge in [0.25, 0.3) is 20.2 Å². The first kappa shape index (κ1) is 21.4. The van der Waals surface area contributed by atoms with Gasteiger partial charge in [0.1, 0.15) is 6.61 Å². The molecule has 1 rings (SSSR count). The third kappa shape index (κ3) is 11.5. The number of nitrogens with one attached hydrogen (secondary N) is 1. The maximum atomic E-state index is 11.8. The van der Waals surface area contributed by atoms with Crippen molar-refractivity contribution in [3.63, 3.8) is 0 Å². The van der Waals surface area contributed by atoms with Gasteiger partial charge in [-0.2, -0.15) is 16.8 Å². The van der Waals surface area contributed by atoms with E-state index in [2.05, 4.69) is 13.7 Å². The minimum absolute atomic E-state index is 0.0169. The molecule has 0 radical (unpaired) electrons. The fourth-order valence-corrected chi connectivity index (χ4v) is 2.49. The second kappa shape index (κ2) is 9.70. The Hall–Kier alpha value is -1.69. The maximum Gasteiger partial charge on any atom is 0.407 e. The van der Waals surface area contributed by atoms with Gasteiger partial charge in [-0.25, -0.2) is 4.79 Å². The van der Waals surface area contributed by atoms with Gasteiger partial charge in [0.2, 0.25) is 0 Å². The Kier molecular flexibility index (Phi) is 8.29. The molecule has 1 atom stereocenters. The van der Waals surface area contributed by atoms with Crippen LogP contribution in [-0.4, -0.2) is 54.7 Å². The molecule has 1 aromatic carbocycles. The smallest absolute Gasteiger partial charge is 0.407 e. The van der Waals surface area contributed by atoms with Crippen LogP contribution in [0, 0.1) is 0 Å². The maximum absolute atomic E-state index is 11.8. The highest BCUT2D eigenvalue weighted by Crippen LogP contribution is 2.03. The molecule has 1 N–H and O–H groups in total. The average Bonchev–Trinajstić information content (AvgIpc) is 2.49. The molecular formula is C14H21NO8S2. The average molecular weight is 395 g/mol. The molecular weight excluding hydrogens is 374 g/mol. The molecule has 0 saturated carbocycles. The number of hydrogen-bond donors (Lipinski definition) is 1. The van der Waals surface area contributed by atoms with Crippen LogP contribution in [-0.2, 0) is 39.9 Å². The fraction of sp³-hybridized carbons (Fsp3) is 0.500. The van der Waals surface area contributed by atoms with Gasteiger partial charge in [0.05, 0.1) is 31.8 Å². The molecule has 0 heterocycles. The summed E-state index contributed by atoms with van der Waals surface area (Å²) < 4.78 is 58.3. The van der Waals surface area contributed by atoms with Crippen molar-refractivity contribution in [2.24, 2.45) is 0 Å². The number of carbonyl (C=O) groups is 1. The molecule has 9 nitrogen and oxygen atoms in total. The number of carbonyl (C=O) groups excluding carboxylic acids is 1. The van der Waals surface area contributed by atoms with E-state index in [0.717, 1.165) is 18.1 Å². The molecule has 0 spiro atoms. The SMILES string of the molecule is CS(=O)(=O)OCC[C@H](COS(C)(=O)=O)NC(=O)OCc1ccccc1. The van der Waals surface area contributed by atoms with Crippen LogP contribution in [0.15, 0.2) is 30.3 Å². The molecule has 0 saturated heterocycles. The summed E-state index contributed by atoms with van der Waals surface area (Å²) in [4.78, 5) is 11.8.